The van der Waals surface area contributed by atoms with Crippen molar-refractivity contribution < 1.29 is 17.9 Å². The van der Waals surface area contributed by atoms with E-state index in [1.807, 2.05) is 0 Å². The number of para-hydroxylation sites is 1. The number of hydrogen-bond donors (Lipinski definition) is 2. The van der Waals surface area contributed by atoms with E-state index in [0.717, 1.165) is 12.1 Å². The molecule has 1 unspecified atom stereocenters. The lowest BCUT2D eigenvalue weighted by molar-refractivity contribution is -0.137. The summed E-state index contributed by atoms with van der Waals surface area (Å²) in [6.07, 6.45) is -4.77. The maximum Gasteiger partial charge on any atom is 0.416 e. The van der Waals surface area contributed by atoms with Crippen LogP contribution in [0.25, 0.3) is 11.1 Å². The molecule has 2 aromatic carbocycles. The van der Waals surface area contributed by atoms with Crippen LogP contribution >= 0.6 is 23.2 Å². The summed E-state index contributed by atoms with van der Waals surface area (Å²) in [6.45, 7) is 0.844. The molecule has 1 atom stereocenters. The molecule has 0 aromatic heterocycles. The van der Waals surface area contributed by atoms with E-state index in [9.17, 15) is 13.2 Å². The Balaban J connectivity index is 2.14. The molecule has 8 heteroatoms. The normalized spacial score (nSPS) is 17.0. The Kier molecular flexibility index (Phi) is 4.55. The van der Waals surface area contributed by atoms with Crippen LogP contribution in [0.4, 0.5) is 18.9 Å². The van der Waals surface area contributed by atoms with Gasteiger partial charge in [-0.05, 0) is 18.2 Å². The highest BCUT2D eigenvalue weighted by Gasteiger charge is 2.33. The van der Waals surface area contributed by atoms with E-state index in [2.05, 4.69) is 5.32 Å². The second-order valence-corrected chi connectivity index (χ2v) is 6.17. The monoisotopic (exact) mass is 376 g/mol. The van der Waals surface area contributed by atoms with Gasteiger partial charge in [0.05, 0.1) is 27.8 Å². The summed E-state index contributed by atoms with van der Waals surface area (Å²) in [5.74, 6) is 0.475. The summed E-state index contributed by atoms with van der Waals surface area (Å²) in [7, 11) is 0. The molecular formula is C16H13Cl2F3N2O. The van der Waals surface area contributed by atoms with E-state index in [1.54, 1.807) is 18.2 Å². The van der Waals surface area contributed by atoms with Gasteiger partial charge >= 0.3 is 6.18 Å². The number of alkyl halides is 3. The van der Waals surface area contributed by atoms with Crippen molar-refractivity contribution in [3.8, 4) is 16.9 Å². The third-order valence-electron chi connectivity index (χ3n) is 3.72. The number of hydrogen-bond acceptors (Lipinski definition) is 3. The van der Waals surface area contributed by atoms with Crippen LogP contribution in [0.3, 0.4) is 0 Å². The maximum atomic E-state index is 12.9. The molecule has 2 aromatic rings. The van der Waals surface area contributed by atoms with Crippen LogP contribution in [0.5, 0.6) is 5.75 Å². The third kappa shape index (κ3) is 3.14. The lowest BCUT2D eigenvalue weighted by Gasteiger charge is -2.28. The number of rotatable bonds is 2. The Morgan fingerprint density at radius 3 is 2.46 bits per heavy atom. The molecule has 0 spiro atoms. The SMILES string of the molecule is NCC1CNc2cccc(-c3c(Cl)cc(C(F)(F)F)cc3Cl)c2O1. The molecule has 0 aliphatic carbocycles. The molecule has 0 saturated carbocycles. The van der Waals surface area contributed by atoms with Crippen LogP contribution in [0.1, 0.15) is 5.56 Å². The van der Waals surface area contributed by atoms with E-state index in [1.165, 1.54) is 0 Å². The second kappa shape index (κ2) is 6.35. The summed E-state index contributed by atoms with van der Waals surface area (Å²) in [5, 5.41) is 2.99. The van der Waals surface area contributed by atoms with E-state index < -0.39 is 11.7 Å². The number of benzene rings is 2. The van der Waals surface area contributed by atoms with Crippen molar-refractivity contribution in [3.05, 3.63) is 45.9 Å². The minimum atomic E-state index is -4.52. The number of nitrogens with one attached hydrogen (secondary N) is 1. The Labute approximate surface area is 146 Å². The summed E-state index contributed by atoms with van der Waals surface area (Å²) in [4.78, 5) is 0. The predicted molar refractivity (Wildman–Crippen MR) is 88.9 cm³/mol. The molecule has 0 saturated heterocycles. The summed E-state index contributed by atoms with van der Waals surface area (Å²) >= 11 is 12.2. The average molecular weight is 377 g/mol. The molecule has 0 radical (unpaired) electrons. The van der Waals surface area contributed by atoms with Crippen LogP contribution < -0.4 is 15.8 Å². The molecule has 3 nitrogen and oxygen atoms in total. The van der Waals surface area contributed by atoms with Gasteiger partial charge in [0.25, 0.3) is 0 Å². The van der Waals surface area contributed by atoms with Gasteiger partial charge < -0.3 is 15.8 Å². The number of anilines is 1. The Morgan fingerprint density at radius 1 is 1.21 bits per heavy atom. The van der Waals surface area contributed by atoms with E-state index in [4.69, 9.17) is 33.7 Å². The Bertz CT molecular complexity index is 757. The van der Waals surface area contributed by atoms with Gasteiger partial charge in [-0.2, -0.15) is 13.2 Å². The second-order valence-electron chi connectivity index (χ2n) is 5.35. The number of nitrogens with two attached hydrogens (primary N) is 1. The zero-order valence-corrected chi connectivity index (χ0v) is 13.8. The topological polar surface area (TPSA) is 47.3 Å². The molecule has 1 heterocycles. The molecule has 0 amide bonds. The zero-order chi connectivity index (χ0) is 17.5. The van der Waals surface area contributed by atoms with E-state index >= 15 is 0 Å². The van der Waals surface area contributed by atoms with Gasteiger partial charge in [0, 0.05) is 17.7 Å². The first-order chi connectivity index (χ1) is 11.3. The highest BCUT2D eigenvalue weighted by Crippen LogP contribution is 2.46. The largest absolute Gasteiger partial charge is 0.484 e. The first-order valence-corrected chi connectivity index (χ1v) is 7.87. The number of fused-ring (bicyclic) bond motifs is 1. The van der Waals surface area contributed by atoms with Gasteiger partial charge in [-0.15, -0.1) is 0 Å². The lowest BCUT2D eigenvalue weighted by Crippen LogP contribution is -2.37. The average Bonchev–Trinajstić information content (AvgIpc) is 2.53. The Hall–Kier alpha value is -1.63. The van der Waals surface area contributed by atoms with Crippen molar-refractivity contribution in [1.82, 2.24) is 0 Å². The molecule has 1 aliphatic heterocycles. The first kappa shape index (κ1) is 17.2. The molecule has 0 fully saturated rings. The summed E-state index contributed by atoms with van der Waals surface area (Å²) in [6, 6.07) is 6.96. The molecule has 128 valence electrons. The van der Waals surface area contributed by atoms with Gasteiger partial charge in [0.2, 0.25) is 0 Å². The van der Waals surface area contributed by atoms with E-state index in [-0.39, 0.29) is 16.1 Å². The van der Waals surface area contributed by atoms with Gasteiger partial charge in [0.15, 0.2) is 5.75 Å². The number of ether oxygens (including phenoxy) is 1. The fraction of sp³-hybridized carbons (Fsp3) is 0.250. The lowest BCUT2D eigenvalue weighted by atomic mass is 10.0. The quantitative estimate of drug-likeness (QED) is 0.790. The van der Waals surface area contributed by atoms with Gasteiger partial charge in [-0.1, -0.05) is 35.3 Å². The first-order valence-electron chi connectivity index (χ1n) is 7.11. The smallest absolute Gasteiger partial charge is 0.416 e. The van der Waals surface area contributed by atoms with Crippen LogP contribution in [0.2, 0.25) is 10.0 Å². The number of halogens is 5. The summed E-state index contributed by atoms with van der Waals surface area (Å²) < 4.78 is 44.5. The van der Waals surface area contributed by atoms with E-state index in [0.29, 0.717) is 35.7 Å². The third-order valence-corrected chi connectivity index (χ3v) is 4.32. The molecule has 0 bridgehead atoms. The highest BCUT2D eigenvalue weighted by molar-refractivity contribution is 6.39. The fourth-order valence-electron chi connectivity index (χ4n) is 2.56. The van der Waals surface area contributed by atoms with Gasteiger partial charge in [-0.3, -0.25) is 0 Å². The molecule has 1 aliphatic rings. The molecule has 3 N–H and O–H groups in total. The van der Waals surface area contributed by atoms with Gasteiger partial charge in [-0.25, -0.2) is 0 Å². The minimum Gasteiger partial charge on any atom is -0.484 e. The van der Waals surface area contributed by atoms with Crippen molar-refractivity contribution in [2.24, 2.45) is 5.73 Å². The zero-order valence-electron chi connectivity index (χ0n) is 12.3. The minimum absolute atomic E-state index is 0.0957. The predicted octanol–water partition coefficient (Wildman–Crippen LogP) is 4.81. The summed E-state index contributed by atoms with van der Waals surface area (Å²) in [5.41, 5.74) is 6.26. The molecule has 24 heavy (non-hydrogen) atoms. The van der Waals surface area contributed by atoms with Crippen LogP contribution in [0, 0.1) is 0 Å². The maximum absolute atomic E-state index is 12.9. The molecular weight excluding hydrogens is 364 g/mol. The highest BCUT2D eigenvalue weighted by atomic mass is 35.5. The Morgan fingerprint density at radius 2 is 1.88 bits per heavy atom. The van der Waals surface area contributed by atoms with Crippen LogP contribution in [0.15, 0.2) is 30.3 Å². The molecule has 3 rings (SSSR count). The van der Waals surface area contributed by atoms with Crippen molar-refractivity contribution >= 4 is 28.9 Å². The van der Waals surface area contributed by atoms with Crippen LogP contribution in [-0.2, 0) is 6.18 Å². The standard InChI is InChI=1S/C16H13Cl2F3N2O/c17-11-4-8(16(19,20)21)5-12(18)14(11)10-2-1-3-13-15(10)24-9(6-22)7-23-13/h1-5,9,23H,6-7,22H2. The fourth-order valence-corrected chi connectivity index (χ4v) is 3.25. The van der Waals surface area contributed by atoms with Crippen molar-refractivity contribution in [3.63, 3.8) is 0 Å². The van der Waals surface area contributed by atoms with Crippen molar-refractivity contribution in [2.45, 2.75) is 12.3 Å². The van der Waals surface area contributed by atoms with Crippen molar-refractivity contribution in [2.75, 3.05) is 18.4 Å². The van der Waals surface area contributed by atoms with Crippen LogP contribution in [-0.4, -0.2) is 19.2 Å². The van der Waals surface area contributed by atoms with Crippen molar-refractivity contribution in [1.29, 1.82) is 0 Å². The van der Waals surface area contributed by atoms with Gasteiger partial charge in [0.1, 0.15) is 6.10 Å².